The molecule has 1 N–H and O–H groups in total. The first kappa shape index (κ1) is 16.8. The van der Waals surface area contributed by atoms with Gasteiger partial charge in [-0.3, -0.25) is 4.79 Å². The highest BCUT2D eigenvalue weighted by atomic mass is 16.3. The Bertz CT molecular complexity index is 1170. The first-order chi connectivity index (χ1) is 13.8. The second-order valence-corrected chi connectivity index (χ2v) is 6.94. The number of ketones is 1. The van der Waals surface area contributed by atoms with E-state index in [1.165, 1.54) is 17.5 Å². The van der Waals surface area contributed by atoms with Gasteiger partial charge in [0.2, 0.25) is 0 Å². The van der Waals surface area contributed by atoms with E-state index < -0.39 is 0 Å². The van der Waals surface area contributed by atoms with E-state index in [-0.39, 0.29) is 12.2 Å². The number of hydrogen-bond acceptors (Lipinski definition) is 6. The Morgan fingerprint density at radius 2 is 2.07 bits per heavy atom. The zero-order valence-corrected chi connectivity index (χ0v) is 15.2. The molecule has 1 aliphatic heterocycles. The molecule has 0 saturated carbocycles. The summed E-state index contributed by atoms with van der Waals surface area (Å²) in [5.41, 5.74) is 4.90. The third kappa shape index (κ3) is 3.18. The molecule has 2 aromatic heterocycles. The zero-order valence-electron chi connectivity index (χ0n) is 15.2. The van der Waals surface area contributed by atoms with Gasteiger partial charge in [0.25, 0.3) is 0 Å². The van der Waals surface area contributed by atoms with Crippen molar-refractivity contribution in [1.29, 1.82) is 0 Å². The van der Waals surface area contributed by atoms with Gasteiger partial charge in [0, 0.05) is 29.3 Å². The van der Waals surface area contributed by atoms with Gasteiger partial charge < -0.3 is 9.73 Å². The number of fused-ring (bicyclic) bond motifs is 2. The van der Waals surface area contributed by atoms with Gasteiger partial charge in [-0.05, 0) is 36.2 Å². The minimum Gasteiger partial charge on any atom is -0.444 e. The summed E-state index contributed by atoms with van der Waals surface area (Å²) < 4.78 is 5.35. The second kappa shape index (κ2) is 6.98. The molecule has 0 radical (unpaired) electrons. The van der Waals surface area contributed by atoms with E-state index >= 15 is 0 Å². The molecule has 6 nitrogen and oxygen atoms in total. The Morgan fingerprint density at radius 1 is 1.11 bits per heavy atom. The first-order valence-corrected chi connectivity index (χ1v) is 9.26. The van der Waals surface area contributed by atoms with Crippen LogP contribution in [-0.2, 0) is 19.4 Å². The Balaban J connectivity index is 1.42. The fraction of sp³-hybridized carbons (Fsp3) is 0.182. The van der Waals surface area contributed by atoms with Crippen LogP contribution in [0.4, 0.5) is 0 Å². The zero-order chi connectivity index (χ0) is 18.9. The second-order valence-electron chi connectivity index (χ2n) is 6.94. The van der Waals surface area contributed by atoms with Crippen molar-refractivity contribution in [3.8, 4) is 11.3 Å². The summed E-state index contributed by atoms with van der Waals surface area (Å²) >= 11 is 0. The molecular formula is C22H18N4O2. The monoisotopic (exact) mass is 370 g/mol. The van der Waals surface area contributed by atoms with Gasteiger partial charge in [0.1, 0.15) is 5.82 Å². The lowest BCUT2D eigenvalue weighted by molar-refractivity contribution is 0.0990. The molecule has 0 unspecified atom stereocenters. The highest BCUT2D eigenvalue weighted by molar-refractivity contribution is 5.97. The van der Waals surface area contributed by atoms with Crippen LogP contribution in [0.1, 0.15) is 27.3 Å². The van der Waals surface area contributed by atoms with E-state index in [9.17, 15) is 4.79 Å². The van der Waals surface area contributed by atoms with Gasteiger partial charge in [-0.2, -0.15) is 0 Å². The van der Waals surface area contributed by atoms with Crippen molar-refractivity contribution in [3.05, 3.63) is 77.7 Å². The minimum absolute atomic E-state index is 0.0270. The van der Waals surface area contributed by atoms with Crippen LogP contribution in [0, 0.1) is 0 Å². The van der Waals surface area contributed by atoms with Crippen molar-refractivity contribution in [1.82, 2.24) is 20.3 Å². The predicted molar refractivity (Wildman–Crippen MR) is 105 cm³/mol. The Morgan fingerprint density at radius 3 is 2.96 bits per heavy atom. The largest absolute Gasteiger partial charge is 0.444 e. The SMILES string of the molecule is O=C(Cc1ncc2ccc(-c3cnco3)cc2n1)c1ccc2c(c1)CNCC2. The van der Waals surface area contributed by atoms with Crippen LogP contribution in [0.5, 0.6) is 0 Å². The van der Waals surface area contributed by atoms with Crippen LogP contribution in [0.25, 0.3) is 22.2 Å². The topological polar surface area (TPSA) is 80.9 Å². The summed E-state index contributed by atoms with van der Waals surface area (Å²) in [6.45, 7) is 1.80. The molecule has 0 spiro atoms. The molecule has 1 aliphatic rings. The van der Waals surface area contributed by atoms with E-state index in [1.807, 2.05) is 30.3 Å². The lowest BCUT2D eigenvalue weighted by Gasteiger charge is -2.17. The third-order valence-corrected chi connectivity index (χ3v) is 5.08. The Hall–Kier alpha value is -3.38. The summed E-state index contributed by atoms with van der Waals surface area (Å²) in [5.74, 6) is 1.22. The van der Waals surface area contributed by atoms with Crippen molar-refractivity contribution < 1.29 is 9.21 Å². The average molecular weight is 370 g/mol. The number of carbonyl (C=O) groups is 1. The Labute approximate surface area is 161 Å². The molecule has 0 fully saturated rings. The van der Waals surface area contributed by atoms with Crippen molar-refractivity contribution in [2.75, 3.05) is 6.54 Å². The number of oxazole rings is 1. The molecule has 0 atom stereocenters. The number of rotatable bonds is 4. The molecule has 0 aliphatic carbocycles. The van der Waals surface area contributed by atoms with Crippen LogP contribution in [0.3, 0.4) is 0 Å². The van der Waals surface area contributed by atoms with Gasteiger partial charge >= 0.3 is 0 Å². The number of aromatic nitrogens is 3. The van der Waals surface area contributed by atoms with Crippen LogP contribution in [-0.4, -0.2) is 27.3 Å². The fourth-order valence-electron chi connectivity index (χ4n) is 3.56. The number of carbonyl (C=O) groups excluding carboxylic acids is 1. The molecule has 4 aromatic rings. The smallest absolute Gasteiger partial charge is 0.181 e. The van der Waals surface area contributed by atoms with E-state index in [1.54, 1.807) is 12.4 Å². The number of nitrogens with one attached hydrogen (secondary N) is 1. The molecule has 0 saturated heterocycles. The predicted octanol–water partition coefficient (Wildman–Crippen LogP) is 3.36. The van der Waals surface area contributed by atoms with Crippen molar-refractivity contribution in [2.45, 2.75) is 19.4 Å². The van der Waals surface area contributed by atoms with Gasteiger partial charge in [0.05, 0.1) is 18.1 Å². The molecule has 28 heavy (non-hydrogen) atoms. The van der Waals surface area contributed by atoms with Gasteiger partial charge in [-0.25, -0.2) is 15.0 Å². The lowest BCUT2D eigenvalue weighted by Crippen LogP contribution is -2.24. The maximum absolute atomic E-state index is 12.8. The third-order valence-electron chi connectivity index (χ3n) is 5.08. The van der Waals surface area contributed by atoms with Gasteiger partial charge in [-0.15, -0.1) is 0 Å². The highest BCUT2D eigenvalue weighted by Crippen LogP contribution is 2.23. The first-order valence-electron chi connectivity index (χ1n) is 9.26. The minimum atomic E-state index is 0.0270. The number of nitrogens with zero attached hydrogens (tertiary/aromatic N) is 3. The summed E-state index contributed by atoms with van der Waals surface area (Å²) in [4.78, 5) is 25.7. The van der Waals surface area contributed by atoms with Crippen LogP contribution >= 0.6 is 0 Å². The summed E-state index contributed by atoms with van der Waals surface area (Å²) in [6.07, 6.45) is 6.00. The van der Waals surface area contributed by atoms with E-state index in [0.29, 0.717) is 17.1 Å². The van der Waals surface area contributed by atoms with E-state index in [0.717, 1.165) is 36.0 Å². The van der Waals surface area contributed by atoms with Gasteiger partial charge in [-0.1, -0.05) is 24.3 Å². The van der Waals surface area contributed by atoms with E-state index in [2.05, 4.69) is 26.3 Å². The summed E-state index contributed by atoms with van der Waals surface area (Å²) in [6, 6.07) is 11.8. The van der Waals surface area contributed by atoms with Gasteiger partial charge in [0.15, 0.2) is 17.9 Å². The molecule has 0 bridgehead atoms. The number of hydrogen-bond donors (Lipinski definition) is 1. The molecular weight excluding hydrogens is 352 g/mol. The normalized spacial score (nSPS) is 13.4. The maximum atomic E-state index is 12.8. The van der Waals surface area contributed by atoms with Crippen molar-refractivity contribution in [3.63, 3.8) is 0 Å². The van der Waals surface area contributed by atoms with Crippen molar-refractivity contribution in [2.24, 2.45) is 0 Å². The quantitative estimate of drug-likeness (QED) is 0.555. The summed E-state index contributed by atoms with van der Waals surface area (Å²) in [5, 5.41) is 4.26. The fourth-order valence-corrected chi connectivity index (χ4v) is 3.56. The number of Topliss-reactive ketones (excluding diaryl/α,β-unsaturated/α-hetero) is 1. The number of benzene rings is 2. The van der Waals surface area contributed by atoms with Crippen molar-refractivity contribution >= 4 is 16.7 Å². The molecule has 5 rings (SSSR count). The molecule has 6 heteroatoms. The lowest BCUT2D eigenvalue weighted by atomic mass is 9.96. The average Bonchev–Trinajstić information content (AvgIpc) is 3.28. The molecule has 2 aromatic carbocycles. The Kier molecular flexibility index (Phi) is 4.18. The van der Waals surface area contributed by atoms with Crippen LogP contribution in [0.15, 0.2) is 59.6 Å². The standard InChI is InChI=1S/C22H18N4O2/c27-20(15-2-1-14-5-6-23-10-18(14)7-15)9-22-25-11-17-4-3-16(8-19(17)26-22)21-12-24-13-28-21/h1-4,7-8,11-13,23H,5-6,9-10H2. The maximum Gasteiger partial charge on any atom is 0.181 e. The molecule has 0 amide bonds. The van der Waals surface area contributed by atoms with Crippen LogP contribution in [0.2, 0.25) is 0 Å². The van der Waals surface area contributed by atoms with E-state index in [4.69, 9.17) is 4.42 Å². The summed E-state index contributed by atoms with van der Waals surface area (Å²) in [7, 11) is 0. The van der Waals surface area contributed by atoms with Crippen LogP contribution < -0.4 is 5.32 Å². The highest BCUT2D eigenvalue weighted by Gasteiger charge is 2.14. The molecule has 138 valence electrons. The molecule has 3 heterocycles.